The fraction of sp³-hybridized carbons (Fsp3) is 0.0556. The maximum absolute atomic E-state index is 12.9. The Labute approximate surface area is 262 Å². The number of carbonyl (C=O) groups excluding carboxylic acids is 2. The Balaban J connectivity index is 1.42. The molecule has 1 aromatic heterocycles. The van der Waals surface area contributed by atoms with Crippen molar-refractivity contribution in [3.05, 3.63) is 107 Å². The van der Waals surface area contributed by atoms with E-state index in [9.17, 15) is 33.3 Å². The molecule has 0 bridgehead atoms. The van der Waals surface area contributed by atoms with E-state index in [0.29, 0.717) is 65.7 Å². The van der Waals surface area contributed by atoms with Gasteiger partial charge in [0.2, 0.25) is 12.4 Å². The summed E-state index contributed by atoms with van der Waals surface area (Å²) in [5.41, 5.74) is 4.63. The molecule has 0 radical (unpaired) electrons. The number of nitrogens with zero attached hydrogens (tertiary/aromatic N) is 6. The molecule has 0 aliphatic carbocycles. The van der Waals surface area contributed by atoms with Crippen molar-refractivity contribution >= 4 is 55.2 Å². The number of ketones is 2. The third-order valence-electron chi connectivity index (χ3n) is 8.09. The van der Waals surface area contributed by atoms with Gasteiger partial charge in [-0.3, -0.25) is 9.59 Å². The van der Waals surface area contributed by atoms with Crippen molar-refractivity contribution in [2.45, 2.75) is 13.1 Å². The molecule has 0 spiro atoms. The molecule has 0 aliphatic rings. The Morgan fingerprint density at radius 2 is 1.00 bits per heavy atom. The lowest BCUT2D eigenvalue weighted by atomic mass is 10.0. The van der Waals surface area contributed by atoms with Crippen molar-refractivity contribution in [3.8, 4) is 34.6 Å². The minimum Gasteiger partial charge on any atom is -0.295 e. The van der Waals surface area contributed by atoms with Gasteiger partial charge < -0.3 is 0 Å². The van der Waals surface area contributed by atoms with Crippen LogP contribution in [0.15, 0.2) is 94.9 Å². The minimum atomic E-state index is -4.98. The van der Waals surface area contributed by atoms with E-state index >= 15 is 0 Å². The fourth-order valence-corrected chi connectivity index (χ4v) is 5.85. The lowest BCUT2D eigenvalue weighted by molar-refractivity contribution is -0.0885. The molecule has 0 unspecified atom stereocenters. The highest BCUT2D eigenvalue weighted by Crippen LogP contribution is 2.32. The lowest BCUT2D eigenvalue weighted by Crippen LogP contribution is -2.22. The third kappa shape index (κ3) is 4.78. The molecule has 0 atom stereocenters. The number of fused-ring (bicyclic) bond motifs is 6. The lowest BCUT2D eigenvalue weighted by Gasteiger charge is -2.07. The monoisotopic (exact) mass is 622 g/mol. The van der Waals surface area contributed by atoms with Crippen LogP contribution in [0.4, 0.5) is 13.2 Å². The highest BCUT2D eigenvalue weighted by molar-refractivity contribution is 6.15. The summed E-state index contributed by atoms with van der Waals surface area (Å²) in [5.74, 6) is -1.97. The topological polar surface area (TPSA) is 132 Å². The number of nitriles is 2. The SMILES string of the molecule is CC(=O)c1ccc(-c2ccc3c(c2)/c(=N\C#N)c2nc4c(nc23)/c(=N/C#N)c2cc(-c3ccc(C(=O)C(F)(F)F)cc3)ccc24)cc1. The van der Waals surface area contributed by atoms with E-state index in [4.69, 9.17) is 9.97 Å². The Morgan fingerprint density at radius 3 is 1.38 bits per heavy atom. The maximum atomic E-state index is 12.9. The molecule has 11 heteroatoms. The summed E-state index contributed by atoms with van der Waals surface area (Å²) in [6.07, 6.45) is -1.29. The van der Waals surface area contributed by atoms with Crippen LogP contribution in [0.5, 0.6) is 0 Å². The van der Waals surface area contributed by atoms with E-state index in [-0.39, 0.29) is 11.1 Å². The van der Waals surface area contributed by atoms with Crippen LogP contribution in [-0.2, 0) is 0 Å². The van der Waals surface area contributed by atoms with Crippen molar-refractivity contribution in [1.82, 2.24) is 9.97 Å². The fourth-order valence-electron chi connectivity index (χ4n) is 5.85. The van der Waals surface area contributed by atoms with Crippen LogP contribution in [0.2, 0.25) is 0 Å². The van der Waals surface area contributed by atoms with Crippen molar-refractivity contribution in [2.75, 3.05) is 0 Å². The number of rotatable bonds is 4. The van der Waals surface area contributed by atoms with E-state index in [1.54, 1.807) is 30.3 Å². The Bertz CT molecular complexity index is 2670. The summed E-state index contributed by atoms with van der Waals surface area (Å²) in [6.45, 7) is 1.50. The summed E-state index contributed by atoms with van der Waals surface area (Å²) >= 11 is 0. The van der Waals surface area contributed by atoms with Crippen molar-refractivity contribution in [2.24, 2.45) is 9.98 Å². The van der Waals surface area contributed by atoms with E-state index in [1.807, 2.05) is 42.7 Å². The molecule has 8 nitrogen and oxygen atoms in total. The molecule has 0 fully saturated rings. The molecular weight excluding hydrogens is 605 g/mol. The second kappa shape index (κ2) is 10.8. The average molecular weight is 623 g/mol. The average Bonchev–Trinajstić information content (AvgIpc) is 3.54. The normalized spacial score (nSPS) is 12.6. The van der Waals surface area contributed by atoms with Crippen LogP contribution in [0.1, 0.15) is 27.6 Å². The van der Waals surface area contributed by atoms with E-state index in [2.05, 4.69) is 9.98 Å². The van der Waals surface area contributed by atoms with Gasteiger partial charge in [-0.15, -0.1) is 0 Å². The van der Waals surface area contributed by atoms with Gasteiger partial charge >= 0.3 is 6.18 Å². The summed E-state index contributed by atoms with van der Waals surface area (Å²) in [5, 5.41) is 22.3. The number of benzene rings is 4. The van der Waals surface area contributed by atoms with E-state index in [1.165, 1.54) is 19.1 Å². The zero-order valence-electron chi connectivity index (χ0n) is 24.2. The molecule has 7 rings (SSSR count). The van der Waals surface area contributed by atoms with Crippen LogP contribution in [0.25, 0.3) is 65.9 Å². The first-order valence-electron chi connectivity index (χ1n) is 14.1. The van der Waals surface area contributed by atoms with Gasteiger partial charge in [-0.2, -0.15) is 33.7 Å². The Kier molecular flexibility index (Phi) is 6.69. The summed E-state index contributed by atoms with van der Waals surface area (Å²) in [7, 11) is 0. The van der Waals surface area contributed by atoms with Crippen LogP contribution in [0.3, 0.4) is 0 Å². The number of carbonyl (C=O) groups is 2. The zero-order valence-corrected chi connectivity index (χ0v) is 24.2. The second-order valence-corrected chi connectivity index (χ2v) is 10.8. The molecule has 0 saturated carbocycles. The van der Waals surface area contributed by atoms with Gasteiger partial charge in [-0.1, -0.05) is 72.8 Å². The second-order valence-electron chi connectivity index (χ2n) is 10.8. The molecule has 7 aromatic rings. The van der Waals surface area contributed by atoms with Gasteiger partial charge in [0.15, 0.2) is 5.78 Å². The number of halogens is 3. The Morgan fingerprint density at radius 1 is 0.596 bits per heavy atom. The molecule has 0 saturated heterocycles. The Hall–Kier alpha value is -6.59. The largest absolute Gasteiger partial charge is 0.454 e. The van der Waals surface area contributed by atoms with Gasteiger partial charge in [0.1, 0.15) is 21.7 Å². The zero-order chi connectivity index (χ0) is 33.0. The van der Waals surface area contributed by atoms with Crippen LogP contribution < -0.4 is 10.7 Å². The summed E-state index contributed by atoms with van der Waals surface area (Å²) < 4.78 is 38.6. The van der Waals surface area contributed by atoms with Crippen LogP contribution in [0, 0.1) is 22.9 Å². The maximum Gasteiger partial charge on any atom is 0.454 e. The predicted octanol–water partition coefficient (Wildman–Crippen LogP) is 7.01. The summed E-state index contributed by atoms with van der Waals surface area (Å²) in [6, 6.07) is 23.1. The first-order valence-corrected chi connectivity index (χ1v) is 14.1. The molecule has 0 amide bonds. The van der Waals surface area contributed by atoms with Gasteiger partial charge in [0, 0.05) is 32.7 Å². The predicted molar refractivity (Wildman–Crippen MR) is 168 cm³/mol. The molecule has 0 N–H and O–H groups in total. The number of hydrogen-bond acceptors (Lipinski definition) is 8. The smallest absolute Gasteiger partial charge is 0.295 e. The van der Waals surface area contributed by atoms with Crippen molar-refractivity contribution in [3.63, 3.8) is 0 Å². The molecule has 0 aliphatic heterocycles. The highest BCUT2D eigenvalue weighted by Gasteiger charge is 2.39. The molecule has 224 valence electrons. The van der Waals surface area contributed by atoms with E-state index < -0.39 is 17.5 Å². The molecule has 47 heavy (non-hydrogen) atoms. The highest BCUT2D eigenvalue weighted by atomic mass is 19.4. The number of Topliss-reactive ketones (excluding diaryl/α,β-unsaturated/α-hetero) is 2. The van der Waals surface area contributed by atoms with Gasteiger partial charge in [0.05, 0.1) is 11.0 Å². The molecule has 1 heterocycles. The third-order valence-corrected chi connectivity index (χ3v) is 8.09. The van der Waals surface area contributed by atoms with Crippen molar-refractivity contribution < 1.29 is 22.8 Å². The number of alkyl halides is 3. The number of aromatic nitrogens is 2. The van der Waals surface area contributed by atoms with E-state index in [0.717, 1.165) is 23.3 Å². The van der Waals surface area contributed by atoms with Crippen LogP contribution >= 0.6 is 0 Å². The quantitative estimate of drug-likeness (QED) is 0.153. The minimum absolute atomic E-state index is 0.0390. The van der Waals surface area contributed by atoms with Crippen LogP contribution in [-0.4, -0.2) is 27.7 Å². The summed E-state index contributed by atoms with van der Waals surface area (Å²) in [4.78, 5) is 41.3. The number of hydrogen-bond donors (Lipinski definition) is 0. The van der Waals surface area contributed by atoms with Gasteiger partial charge in [-0.05, 0) is 41.3 Å². The first kappa shape index (κ1) is 29.1. The molecule has 6 aromatic carbocycles. The van der Waals surface area contributed by atoms with Gasteiger partial charge in [-0.25, -0.2) is 9.97 Å². The van der Waals surface area contributed by atoms with Gasteiger partial charge in [0.25, 0.3) is 5.78 Å². The standard InChI is InChI=1S/C36H17F3N6O2/c1-18(46)19-2-4-20(5-3-19)23-10-12-25-27(14-23)29(42-16-40)33-31(25)44-34-30(43-17-41)28-15-24(11-13-26(28)32(34)45-33)21-6-8-22(9-7-21)35(47)36(37,38)39/h2-15H,1H3/b42-29+,43-30+. The van der Waals surface area contributed by atoms with Crippen molar-refractivity contribution in [1.29, 1.82) is 10.5 Å². The first-order chi connectivity index (χ1) is 22.6. The molecular formula is C36H17F3N6O2.